The molecule has 0 aromatic heterocycles. The molecule has 0 atom stereocenters. The number of hydrogen-bond donors (Lipinski definition) is 0. The molecule has 1 heterocycles. The summed E-state index contributed by atoms with van der Waals surface area (Å²) in [5.41, 5.74) is 2.01. The van der Waals surface area contributed by atoms with Gasteiger partial charge in [0, 0.05) is 22.7 Å². The van der Waals surface area contributed by atoms with E-state index in [-0.39, 0.29) is 5.91 Å². The first-order chi connectivity index (χ1) is 5.68. The first-order valence-electron chi connectivity index (χ1n) is 3.72. The maximum atomic E-state index is 11.5. The Labute approximate surface area is 84.7 Å². The number of halogens is 1. The molecule has 0 unspecified atom stereocenters. The van der Waals surface area contributed by atoms with Crippen LogP contribution in [0.1, 0.15) is 15.9 Å². The molecule has 0 N–H and O–H groups in total. The number of nitrogens with zero attached hydrogens (tertiary/aromatic N) is 1. The fourth-order valence-corrected chi connectivity index (χ4v) is 1.91. The van der Waals surface area contributed by atoms with Gasteiger partial charge < -0.3 is 4.90 Å². The van der Waals surface area contributed by atoms with E-state index in [1.54, 1.807) is 4.90 Å². The van der Waals surface area contributed by atoms with Crippen molar-refractivity contribution in [2.45, 2.75) is 6.54 Å². The zero-order chi connectivity index (χ0) is 8.72. The zero-order valence-corrected chi connectivity index (χ0v) is 8.83. The lowest BCUT2D eigenvalue weighted by Gasteiger charge is -2.04. The Morgan fingerprint density at radius 2 is 2.25 bits per heavy atom. The van der Waals surface area contributed by atoms with Gasteiger partial charge in [-0.05, 0) is 40.3 Å². The Kier molecular flexibility index (Phi) is 1.83. The monoisotopic (exact) mass is 273 g/mol. The molecule has 0 radical (unpaired) electrons. The number of benzene rings is 1. The molecule has 0 fully saturated rings. The molecule has 0 spiro atoms. The summed E-state index contributed by atoms with van der Waals surface area (Å²) in [6, 6.07) is 6.01. The van der Waals surface area contributed by atoms with Crippen molar-refractivity contribution in [3.63, 3.8) is 0 Å². The van der Waals surface area contributed by atoms with Crippen molar-refractivity contribution >= 4 is 28.5 Å². The molecule has 0 saturated carbocycles. The van der Waals surface area contributed by atoms with Crippen LogP contribution in [0, 0.1) is 3.57 Å². The molecule has 1 aromatic rings. The highest BCUT2D eigenvalue weighted by Crippen LogP contribution is 2.22. The fraction of sp³-hybridized carbons (Fsp3) is 0.222. The van der Waals surface area contributed by atoms with Gasteiger partial charge in [0.15, 0.2) is 0 Å². The van der Waals surface area contributed by atoms with E-state index in [2.05, 4.69) is 22.6 Å². The second-order valence-corrected chi connectivity index (χ2v) is 4.21. The highest BCUT2D eigenvalue weighted by Gasteiger charge is 2.23. The largest absolute Gasteiger partial charge is 0.337 e. The van der Waals surface area contributed by atoms with Crippen molar-refractivity contribution in [1.29, 1.82) is 0 Å². The summed E-state index contributed by atoms with van der Waals surface area (Å²) in [6.07, 6.45) is 0. The summed E-state index contributed by atoms with van der Waals surface area (Å²) in [5.74, 6) is 0.142. The van der Waals surface area contributed by atoms with Gasteiger partial charge in [-0.2, -0.15) is 0 Å². The molecule has 3 heteroatoms. The highest BCUT2D eigenvalue weighted by atomic mass is 127. The Balaban J connectivity index is 2.56. The Morgan fingerprint density at radius 1 is 1.50 bits per heavy atom. The van der Waals surface area contributed by atoms with Gasteiger partial charge in [0.05, 0.1) is 0 Å². The molecule has 0 aliphatic carbocycles. The summed E-state index contributed by atoms with van der Waals surface area (Å²) >= 11 is 2.22. The molecule has 2 rings (SSSR count). The molecule has 62 valence electrons. The van der Waals surface area contributed by atoms with E-state index in [1.807, 2.05) is 25.2 Å². The summed E-state index contributed by atoms with van der Waals surface area (Å²) in [6.45, 7) is 0.755. The lowest BCUT2D eigenvalue weighted by molar-refractivity contribution is 0.0816. The van der Waals surface area contributed by atoms with Crippen molar-refractivity contribution in [2.75, 3.05) is 7.05 Å². The quantitative estimate of drug-likeness (QED) is 0.661. The van der Waals surface area contributed by atoms with Crippen molar-refractivity contribution < 1.29 is 4.79 Å². The second-order valence-electron chi connectivity index (χ2n) is 2.96. The van der Waals surface area contributed by atoms with Crippen LogP contribution in [0.2, 0.25) is 0 Å². The predicted octanol–water partition coefficient (Wildman–Crippen LogP) is 1.88. The number of carbonyl (C=O) groups excluding carboxylic acids is 1. The minimum atomic E-state index is 0.142. The van der Waals surface area contributed by atoms with E-state index in [0.717, 1.165) is 21.2 Å². The van der Waals surface area contributed by atoms with Crippen LogP contribution < -0.4 is 0 Å². The van der Waals surface area contributed by atoms with Gasteiger partial charge in [0.2, 0.25) is 0 Å². The number of rotatable bonds is 0. The number of amides is 1. The fourth-order valence-electron chi connectivity index (χ4n) is 1.42. The maximum Gasteiger partial charge on any atom is 0.254 e. The maximum absolute atomic E-state index is 11.5. The molecule has 1 aromatic carbocycles. The van der Waals surface area contributed by atoms with Crippen LogP contribution in [0.5, 0.6) is 0 Å². The topological polar surface area (TPSA) is 20.3 Å². The van der Waals surface area contributed by atoms with Gasteiger partial charge in [-0.15, -0.1) is 0 Å². The molecule has 0 bridgehead atoms. The molecule has 1 aliphatic heterocycles. The van der Waals surface area contributed by atoms with Crippen LogP contribution in [-0.2, 0) is 6.54 Å². The van der Waals surface area contributed by atoms with Gasteiger partial charge >= 0.3 is 0 Å². The minimum Gasteiger partial charge on any atom is -0.337 e. The average molecular weight is 273 g/mol. The minimum absolute atomic E-state index is 0.142. The van der Waals surface area contributed by atoms with Gasteiger partial charge in [-0.3, -0.25) is 4.79 Å². The highest BCUT2D eigenvalue weighted by molar-refractivity contribution is 14.1. The summed E-state index contributed by atoms with van der Waals surface area (Å²) < 4.78 is 1.12. The van der Waals surface area contributed by atoms with E-state index in [9.17, 15) is 4.79 Å². The van der Waals surface area contributed by atoms with Crippen LogP contribution in [0.25, 0.3) is 0 Å². The van der Waals surface area contributed by atoms with E-state index in [4.69, 9.17) is 0 Å². The molecule has 0 saturated heterocycles. The molecule has 12 heavy (non-hydrogen) atoms. The van der Waals surface area contributed by atoms with E-state index < -0.39 is 0 Å². The number of fused-ring (bicyclic) bond motifs is 1. The second kappa shape index (κ2) is 2.73. The Morgan fingerprint density at radius 3 is 3.00 bits per heavy atom. The third kappa shape index (κ3) is 1.12. The van der Waals surface area contributed by atoms with Crippen LogP contribution in [0.3, 0.4) is 0 Å². The van der Waals surface area contributed by atoms with Crippen molar-refractivity contribution in [3.05, 3.63) is 32.9 Å². The third-order valence-electron chi connectivity index (χ3n) is 2.06. The zero-order valence-electron chi connectivity index (χ0n) is 6.67. The first kappa shape index (κ1) is 8.04. The summed E-state index contributed by atoms with van der Waals surface area (Å²) in [4.78, 5) is 13.2. The van der Waals surface area contributed by atoms with Gasteiger partial charge in [0.1, 0.15) is 0 Å². The van der Waals surface area contributed by atoms with E-state index in [0.29, 0.717) is 0 Å². The summed E-state index contributed by atoms with van der Waals surface area (Å²) in [5, 5.41) is 0. The molecular formula is C9H8INO. The predicted molar refractivity (Wildman–Crippen MR) is 55.0 cm³/mol. The average Bonchev–Trinajstić information content (AvgIpc) is 2.31. The van der Waals surface area contributed by atoms with Crippen LogP contribution in [0.4, 0.5) is 0 Å². The van der Waals surface area contributed by atoms with Gasteiger partial charge in [0.25, 0.3) is 5.91 Å². The number of carbonyl (C=O) groups is 1. The normalized spacial score (nSPS) is 15.2. The van der Waals surface area contributed by atoms with E-state index in [1.165, 1.54) is 0 Å². The Hall–Kier alpha value is -0.580. The van der Waals surface area contributed by atoms with Gasteiger partial charge in [-0.1, -0.05) is 6.07 Å². The SMILES string of the molecule is CN1Cc2ccc(I)cc2C1=O. The molecule has 2 nitrogen and oxygen atoms in total. The van der Waals surface area contributed by atoms with Crippen molar-refractivity contribution in [2.24, 2.45) is 0 Å². The van der Waals surface area contributed by atoms with Gasteiger partial charge in [-0.25, -0.2) is 0 Å². The smallest absolute Gasteiger partial charge is 0.254 e. The molecule has 1 amide bonds. The standard InChI is InChI=1S/C9H8INO/c1-11-5-6-2-3-7(10)4-8(6)9(11)12/h2-4H,5H2,1H3. The lowest BCUT2D eigenvalue weighted by Crippen LogP contribution is -2.17. The number of hydrogen-bond acceptors (Lipinski definition) is 1. The lowest BCUT2D eigenvalue weighted by atomic mass is 10.1. The van der Waals surface area contributed by atoms with Crippen LogP contribution >= 0.6 is 22.6 Å². The first-order valence-corrected chi connectivity index (χ1v) is 4.80. The summed E-state index contributed by atoms with van der Waals surface area (Å²) in [7, 11) is 1.83. The molecular weight excluding hydrogens is 265 g/mol. The van der Waals surface area contributed by atoms with Crippen molar-refractivity contribution in [3.8, 4) is 0 Å². The van der Waals surface area contributed by atoms with Crippen LogP contribution in [0.15, 0.2) is 18.2 Å². The van der Waals surface area contributed by atoms with Crippen molar-refractivity contribution in [1.82, 2.24) is 4.90 Å². The Bertz CT molecular complexity index is 348. The third-order valence-corrected chi connectivity index (χ3v) is 2.73. The van der Waals surface area contributed by atoms with Crippen LogP contribution in [-0.4, -0.2) is 17.9 Å². The molecule has 1 aliphatic rings. The van der Waals surface area contributed by atoms with E-state index >= 15 is 0 Å².